The Morgan fingerprint density at radius 1 is 1.06 bits per heavy atom. The van der Waals surface area contributed by atoms with Crippen molar-refractivity contribution < 1.29 is 4.74 Å². The molecule has 0 radical (unpaired) electrons. The van der Waals surface area contributed by atoms with Crippen LogP contribution in [0.2, 0.25) is 0 Å². The van der Waals surface area contributed by atoms with E-state index >= 15 is 0 Å². The minimum Gasteiger partial charge on any atom is -0.378 e. The van der Waals surface area contributed by atoms with Crippen molar-refractivity contribution in [3.63, 3.8) is 0 Å². The van der Waals surface area contributed by atoms with Crippen molar-refractivity contribution in [2.45, 2.75) is 31.6 Å². The molecule has 1 saturated carbocycles. The van der Waals surface area contributed by atoms with E-state index in [1.165, 1.54) is 16.7 Å². The highest BCUT2D eigenvalue weighted by atomic mass is 16.5. The number of rotatable bonds is 6. The fraction of sp³-hybridized carbons (Fsp3) is 0.370. The Kier molecular flexibility index (Phi) is 5.84. The predicted molar refractivity (Wildman–Crippen MR) is 131 cm³/mol. The predicted octanol–water partition coefficient (Wildman–Crippen LogP) is 4.42. The molecule has 5 rings (SSSR count). The van der Waals surface area contributed by atoms with Crippen LogP contribution in [0.25, 0.3) is 16.0 Å². The molecule has 33 heavy (non-hydrogen) atoms. The van der Waals surface area contributed by atoms with Gasteiger partial charge in [0.1, 0.15) is 11.6 Å². The van der Waals surface area contributed by atoms with Crippen LogP contribution >= 0.6 is 0 Å². The molecule has 0 amide bonds. The average molecular weight is 440 g/mol. The summed E-state index contributed by atoms with van der Waals surface area (Å²) in [5.74, 6) is 1.76. The zero-order valence-electron chi connectivity index (χ0n) is 19.1. The van der Waals surface area contributed by atoms with Crippen molar-refractivity contribution in [2.24, 2.45) is 5.73 Å². The van der Waals surface area contributed by atoms with Crippen LogP contribution in [0, 0.1) is 13.5 Å². The third-order valence-corrected chi connectivity index (χ3v) is 6.75. The minimum absolute atomic E-state index is 0.180. The molecule has 0 atom stereocenters. The maximum atomic E-state index is 7.59. The number of anilines is 1. The third kappa shape index (κ3) is 4.22. The summed E-state index contributed by atoms with van der Waals surface area (Å²) in [6.45, 7) is 13.3. The van der Waals surface area contributed by atoms with Crippen LogP contribution in [0.4, 0.5) is 11.5 Å². The summed E-state index contributed by atoms with van der Waals surface area (Å²) in [7, 11) is 0. The van der Waals surface area contributed by atoms with Gasteiger partial charge in [-0.15, -0.1) is 0 Å². The van der Waals surface area contributed by atoms with Crippen LogP contribution in [-0.2, 0) is 16.6 Å². The van der Waals surface area contributed by atoms with Gasteiger partial charge in [-0.1, -0.05) is 42.5 Å². The standard InChI is InChI=1S/C27H29N5O/c1-19-30-25(18-26(31-19)32-13-15-33-16-14-32)27(10-11-27)24-17-22(29-2)7-8-23(24)21-5-3-20(4-6-21)9-12-28/h3-8,17-18H,9-16,28H2,1H3. The highest BCUT2D eigenvalue weighted by Gasteiger charge is 2.49. The first-order valence-corrected chi connectivity index (χ1v) is 11.6. The summed E-state index contributed by atoms with van der Waals surface area (Å²) in [5.41, 5.74) is 12.0. The maximum absolute atomic E-state index is 7.59. The van der Waals surface area contributed by atoms with E-state index < -0.39 is 0 Å². The number of nitrogens with two attached hydrogens (primary N) is 1. The SMILES string of the molecule is [C-]#[N+]c1ccc(-c2ccc(CCN)cc2)c(C2(c3cc(N4CCOCC4)nc(C)n3)CC2)c1. The molecule has 0 spiro atoms. The molecule has 3 aromatic rings. The van der Waals surface area contributed by atoms with Crippen molar-refractivity contribution >= 4 is 11.5 Å². The van der Waals surface area contributed by atoms with Crippen molar-refractivity contribution in [1.82, 2.24) is 9.97 Å². The van der Waals surface area contributed by atoms with E-state index in [0.29, 0.717) is 12.2 Å². The molecule has 6 nitrogen and oxygen atoms in total. The Hall–Kier alpha value is -3.27. The van der Waals surface area contributed by atoms with Crippen molar-refractivity contribution in [1.29, 1.82) is 0 Å². The van der Waals surface area contributed by atoms with Gasteiger partial charge in [0.05, 0.1) is 25.5 Å². The molecule has 168 valence electrons. The summed E-state index contributed by atoms with van der Waals surface area (Å²) in [6.07, 6.45) is 2.91. The number of morpholine rings is 1. The second-order valence-electron chi connectivity index (χ2n) is 8.92. The van der Waals surface area contributed by atoms with Gasteiger partial charge in [0.25, 0.3) is 0 Å². The molecule has 0 bridgehead atoms. The summed E-state index contributed by atoms with van der Waals surface area (Å²) >= 11 is 0. The molecule has 6 heteroatoms. The quantitative estimate of drug-likeness (QED) is 0.576. The smallest absolute Gasteiger partial charge is 0.187 e. The Morgan fingerprint density at radius 2 is 1.82 bits per heavy atom. The number of nitrogens with zero attached hydrogens (tertiary/aromatic N) is 4. The second kappa shape index (κ2) is 8.93. The van der Waals surface area contributed by atoms with E-state index in [1.807, 2.05) is 13.0 Å². The second-order valence-corrected chi connectivity index (χ2v) is 8.92. The van der Waals surface area contributed by atoms with E-state index in [0.717, 1.165) is 68.5 Å². The van der Waals surface area contributed by atoms with Gasteiger partial charge in [-0.25, -0.2) is 14.8 Å². The van der Waals surface area contributed by atoms with Crippen LogP contribution in [0.1, 0.15) is 35.5 Å². The average Bonchev–Trinajstić information content (AvgIpc) is 3.67. The lowest BCUT2D eigenvalue weighted by molar-refractivity contribution is 0.122. The lowest BCUT2D eigenvalue weighted by atomic mass is 9.85. The molecule has 1 aliphatic heterocycles. The van der Waals surface area contributed by atoms with Gasteiger partial charge in [-0.3, -0.25) is 0 Å². The van der Waals surface area contributed by atoms with Gasteiger partial charge in [-0.2, -0.15) is 0 Å². The molecule has 1 aliphatic carbocycles. The van der Waals surface area contributed by atoms with Gasteiger partial charge in [0, 0.05) is 24.6 Å². The zero-order chi connectivity index (χ0) is 22.8. The van der Waals surface area contributed by atoms with Gasteiger partial charge in [-0.05, 0) is 55.0 Å². The van der Waals surface area contributed by atoms with Gasteiger partial charge in [0.2, 0.25) is 0 Å². The lowest BCUT2D eigenvalue weighted by Crippen LogP contribution is -2.37. The maximum Gasteiger partial charge on any atom is 0.187 e. The fourth-order valence-electron chi connectivity index (χ4n) is 4.81. The highest BCUT2D eigenvalue weighted by molar-refractivity contribution is 5.74. The van der Waals surface area contributed by atoms with Crippen LogP contribution in [0.15, 0.2) is 48.5 Å². The summed E-state index contributed by atoms with van der Waals surface area (Å²) in [4.78, 5) is 15.7. The van der Waals surface area contributed by atoms with Crippen molar-refractivity contribution in [2.75, 3.05) is 37.7 Å². The Morgan fingerprint density at radius 3 is 2.48 bits per heavy atom. The molecule has 2 aromatic carbocycles. The largest absolute Gasteiger partial charge is 0.378 e. The van der Waals surface area contributed by atoms with E-state index in [2.05, 4.69) is 52.2 Å². The van der Waals surface area contributed by atoms with E-state index in [1.54, 1.807) is 0 Å². The number of aryl methyl sites for hydroxylation is 1. The van der Waals surface area contributed by atoms with E-state index in [4.69, 9.17) is 27.0 Å². The van der Waals surface area contributed by atoms with Crippen molar-refractivity contribution in [3.05, 3.63) is 82.6 Å². The summed E-state index contributed by atoms with van der Waals surface area (Å²) < 4.78 is 5.52. The van der Waals surface area contributed by atoms with Crippen LogP contribution in [0.5, 0.6) is 0 Å². The van der Waals surface area contributed by atoms with E-state index in [-0.39, 0.29) is 5.41 Å². The van der Waals surface area contributed by atoms with Gasteiger partial charge >= 0.3 is 0 Å². The molecular formula is C27H29N5O. The van der Waals surface area contributed by atoms with Crippen molar-refractivity contribution in [3.8, 4) is 11.1 Å². The molecule has 2 N–H and O–H groups in total. The minimum atomic E-state index is -0.180. The van der Waals surface area contributed by atoms with Gasteiger partial charge < -0.3 is 15.4 Å². The third-order valence-electron chi connectivity index (χ3n) is 6.75. The summed E-state index contributed by atoms with van der Waals surface area (Å²) in [6, 6.07) is 16.9. The lowest BCUT2D eigenvalue weighted by Gasteiger charge is -2.29. The molecular weight excluding hydrogens is 410 g/mol. The van der Waals surface area contributed by atoms with Crippen LogP contribution in [-0.4, -0.2) is 42.8 Å². The zero-order valence-corrected chi connectivity index (χ0v) is 19.1. The monoisotopic (exact) mass is 439 g/mol. The fourth-order valence-corrected chi connectivity index (χ4v) is 4.81. The number of ether oxygens (including phenoxy) is 1. The topological polar surface area (TPSA) is 68.6 Å². The van der Waals surface area contributed by atoms with E-state index in [9.17, 15) is 0 Å². The summed E-state index contributed by atoms with van der Waals surface area (Å²) in [5, 5.41) is 0. The normalized spacial score (nSPS) is 16.9. The van der Waals surface area contributed by atoms with Crippen LogP contribution in [0.3, 0.4) is 0 Å². The Bertz CT molecular complexity index is 1190. The molecule has 2 fully saturated rings. The Labute approximate surface area is 195 Å². The highest BCUT2D eigenvalue weighted by Crippen LogP contribution is 2.56. The first kappa shape index (κ1) is 21.6. The number of aromatic nitrogens is 2. The molecule has 1 aromatic heterocycles. The Balaban J connectivity index is 1.59. The number of hydrogen-bond donors (Lipinski definition) is 1. The van der Waals surface area contributed by atoms with Crippen LogP contribution < -0.4 is 10.6 Å². The number of hydrogen-bond acceptors (Lipinski definition) is 5. The first-order valence-electron chi connectivity index (χ1n) is 11.6. The molecule has 2 aliphatic rings. The first-order chi connectivity index (χ1) is 16.1. The molecule has 2 heterocycles. The van der Waals surface area contributed by atoms with Gasteiger partial charge in [0.15, 0.2) is 5.69 Å². The number of benzene rings is 2. The molecule has 0 unspecified atom stereocenters. The molecule has 1 saturated heterocycles.